The molecule has 0 amide bonds. The van der Waals surface area contributed by atoms with E-state index in [0.29, 0.717) is 30.4 Å². The lowest BCUT2D eigenvalue weighted by Gasteiger charge is -2.31. The van der Waals surface area contributed by atoms with Crippen LogP contribution in [0.4, 0.5) is 19.0 Å². The molecule has 142 valence electrons. The standard InChI is InChI=1S/C16H15F3N6O2/c17-16(18,19)9-1-2-21-11(5-9)27-15-12-13(20)22-7-23-14(12)25(24-15)6-8-3-10(26)4-8/h1-2,5,7-8,10,26H,3-4,6H2,(H2,20,22,23). The van der Waals surface area contributed by atoms with Gasteiger partial charge in [0.2, 0.25) is 5.88 Å². The van der Waals surface area contributed by atoms with Crippen LogP contribution in [0.5, 0.6) is 11.8 Å². The minimum atomic E-state index is -4.52. The van der Waals surface area contributed by atoms with Crippen LogP contribution in [0.2, 0.25) is 0 Å². The Morgan fingerprint density at radius 2 is 2.04 bits per heavy atom. The predicted molar refractivity (Wildman–Crippen MR) is 87.8 cm³/mol. The number of nitrogens with two attached hydrogens (primary N) is 1. The Hall–Kier alpha value is -2.95. The molecule has 1 saturated carbocycles. The summed E-state index contributed by atoms with van der Waals surface area (Å²) >= 11 is 0. The second kappa shape index (κ2) is 6.34. The van der Waals surface area contributed by atoms with Gasteiger partial charge in [0.05, 0.1) is 11.7 Å². The highest BCUT2D eigenvalue weighted by atomic mass is 19.4. The van der Waals surface area contributed by atoms with Crippen molar-refractivity contribution >= 4 is 16.9 Å². The van der Waals surface area contributed by atoms with Gasteiger partial charge in [0.15, 0.2) is 5.65 Å². The number of alkyl halides is 3. The van der Waals surface area contributed by atoms with E-state index in [1.165, 1.54) is 6.33 Å². The summed E-state index contributed by atoms with van der Waals surface area (Å²) in [7, 11) is 0. The molecule has 0 aliphatic heterocycles. The number of anilines is 1. The summed E-state index contributed by atoms with van der Waals surface area (Å²) in [5, 5.41) is 14.0. The molecular weight excluding hydrogens is 365 g/mol. The van der Waals surface area contributed by atoms with Crippen LogP contribution in [0, 0.1) is 5.92 Å². The first-order valence-corrected chi connectivity index (χ1v) is 8.17. The van der Waals surface area contributed by atoms with E-state index >= 15 is 0 Å². The number of halogens is 3. The van der Waals surface area contributed by atoms with E-state index in [4.69, 9.17) is 10.5 Å². The third-order valence-electron chi connectivity index (χ3n) is 4.43. The van der Waals surface area contributed by atoms with Gasteiger partial charge >= 0.3 is 6.18 Å². The molecule has 0 atom stereocenters. The molecule has 0 saturated heterocycles. The maximum atomic E-state index is 12.9. The summed E-state index contributed by atoms with van der Waals surface area (Å²) in [5.41, 5.74) is 5.42. The van der Waals surface area contributed by atoms with Crippen LogP contribution in [0.15, 0.2) is 24.7 Å². The average Bonchev–Trinajstić information content (AvgIpc) is 2.92. The molecule has 4 rings (SSSR count). The van der Waals surface area contributed by atoms with Gasteiger partial charge in [-0.05, 0) is 24.8 Å². The molecule has 0 radical (unpaired) electrons. The summed E-state index contributed by atoms with van der Waals surface area (Å²) in [4.78, 5) is 11.9. The molecule has 1 aliphatic rings. The quantitative estimate of drug-likeness (QED) is 0.715. The highest BCUT2D eigenvalue weighted by Gasteiger charge is 2.32. The molecular formula is C16H15F3N6O2. The third-order valence-corrected chi connectivity index (χ3v) is 4.43. The first-order valence-electron chi connectivity index (χ1n) is 8.17. The van der Waals surface area contributed by atoms with Gasteiger partial charge < -0.3 is 15.6 Å². The number of ether oxygens (including phenoxy) is 1. The second-order valence-electron chi connectivity index (χ2n) is 6.42. The Balaban J connectivity index is 1.69. The monoisotopic (exact) mass is 380 g/mol. The number of aliphatic hydroxyl groups excluding tert-OH is 1. The summed E-state index contributed by atoms with van der Waals surface area (Å²) in [6, 6.07) is 1.63. The Bertz CT molecular complexity index is 984. The van der Waals surface area contributed by atoms with Gasteiger partial charge in [-0.15, -0.1) is 5.10 Å². The van der Waals surface area contributed by atoms with Crippen molar-refractivity contribution in [2.75, 3.05) is 5.73 Å². The summed E-state index contributed by atoms with van der Waals surface area (Å²) in [6.07, 6.45) is -1.26. The third kappa shape index (κ3) is 3.37. The maximum absolute atomic E-state index is 12.9. The Labute approximate surface area is 150 Å². The van der Waals surface area contributed by atoms with Crippen molar-refractivity contribution in [2.45, 2.75) is 31.7 Å². The molecule has 3 N–H and O–H groups in total. The molecule has 11 heteroatoms. The van der Waals surface area contributed by atoms with E-state index < -0.39 is 11.7 Å². The number of nitrogen functional groups attached to an aromatic ring is 1. The van der Waals surface area contributed by atoms with Gasteiger partial charge in [0.25, 0.3) is 5.88 Å². The van der Waals surface area contributed by atoms with Gasteiger partial charge in [-0.2, -0.15) is 13.2 Å². The van der Waals surface area contributed by atoms with Crippen LogP contribution in [-0.2, 0) is 12.7 Å². The van der Waals surface area contributed by atoms with Crippen molar-refractivity contribution in [2.24, 2.45) is 5.92 Å². The van der Waals surface area contributed by atoms with Crippen LogP contribution in [-0.4, -0.2) is 35.9 Å². The number of hydrogen-bond donors (Lipinski definition) is 2. The van der Waals surface area contributed by atoms with Gasteiger partial charge in [-0.25, -0.2) is 19.6 Å². The van der Waals surface area contributed by atoms with Crippen LogP contribution in [0.25, 0.3) is 11.0 Å². The molecule has 0 unspecified atom stereocenters. The van der Waals surface area contributed by atoms with Gasteiger partial charge in [0, 0.05) is 18.8 Å². The van der Waals surface area contributed by atoms with Crippen molar-refractivity contribution in [1.29, 1.82) is 0 Å². The number of aliphatic hydroxyl groups is 1. The van der Waals surface area contributed by atoms with Crippen LogP contribution >= 0.6 is 0 Å². The molecule has 0 spiro atoms. The summed E-state index contributed by atoms with van der Waals surface area (Å²) < 4.78 is 45.7. The van der Waals surface area contributed by atoms with Gasteiger partial charge in [-0.3, -0.25) is 0 Å². The fourth-order valence-corrected chi connectivity index (χ4v) is 3.03. The van der Waals surface area contributed by atoms with Crippen LogP contribution in [0.1, 0.15) is 18.4 Å². The zero-order chi connectivity index (χ0) is 19.2. The number of hydrogen-bond acceptors (Lipinski definition) is 7. The number of aromatic nitrogens is 5. The van der Waals surface area contributed by atoms with E-state index in [-0.39, 0.29) is 29.6 Å². The summed E-state index contributed by atoms with van der Waals surface area (Å²) in [5.74, 6) is 0.0363. The SMILES string of the molecule is Nc1ncnc2c1c(Oc1cc(C(F)(F)F)ccn1)nn2CC1CC(O)C1. The minimum absolute atomic E-state index is 0.0187. The van der Waals surface area contributed by atoms with Crippen molar-refractivity contribution in [3.8, 4) is 11.8 Å². The van der Waals surface area contributed by atoms with E-state index in [1.54, 1.807) is 4.68 Å². The topological polar surface area (TPSA) is 112 Å². The van der Waals surface area contributed by atoms with E-state index in [1.807, 2.05) is 0 Å². The number of pyridine rings is 1. The first-order chi connectivity index (χ1) is 12.8. The van der Waals surface area contributed by atoms with E-state index in [2.05, 4.69) is 20.1 Å². The molecule has 1 fully saturated rings. The predicted octanol–water partition coefficient (Wildman–Crippen LogP) is 2.39. The molecule has 3 aromatic rings. The molecule has 0 aromatic carbocycles. The zero-order valence-corrected chi connectivity index (χ0v) is 13.9. The lowest BCUT2D eigenvalue weighted by atomic mass is 9.82. The van der Waals surface area contributed by atoms with Gasteiger partial charge in [0.1, 0.15) is 17.5 Å². The molecule has 3 aromatic heterocycles. The van der Waals surface area contributed by atoms with Crippen molar-refractivity contribution < 1.29 is 23.0 Å². The highest BCUT2D eigenvalue weighted by Crippen LogP contribution is 2.35. The Morgan fingerprint density at radius 1 is 1.26 bits per heavy atom. The molecule has 8 nitrogen and oxygen atoms in total. The van der Waals surface area contributed by atoms with E-state index in [0.717, 1.165) is 18.3 Å². The second-order valence-corrected chi connectivity index (χ2v) is 6.42. The van der Waals surface area contributed by atoms with Crippen LogP contribution < -0.4 is 10.5 Å². The number of fused-ring (bicyclic) bond motifs is 1. The Kier molecular flexibility index (Phi) is 4.10. The lowest BCUT2D eigenvalue weighted by molar-refractivity contribution is -0.137. The zero-order valence-electron chi connectivity index (χ0n) is 13.9. The summed E-state index contributed by atoms with van der Waals surface area (Å²) in [6.45, 7) is 0.476. The fourth-order valence-electron chi connectivity index (χ4n) is 3.03. The molecule has 3 heterocycles. The maximum Gasteiger partial charge on any atom is 0.416 e. The van der Waals surface area contributed by atoms with Crippen molar-refractivity contribution in [3.05, 3.63) is 30.2 Å². The minimum Gasteiger partial charge on any atom is -0.418 e. The molecule has 0 bridgehead atoms. The fraction of sp³-hybridized carbons (Fsp3) is 0.375. The number of nitrogens with zero attached hydrogens (tertiary/aromatic N) is 5. The smallest absolute Gasteiger partial charge is 0.416 e. The number of rotatable bonds is 4. The highest BCUT2D eigenvalue weighted by molar-refractivity contribution is 5.90. The van der Waals surface area contributed by atoms with E-state index in [9.17, 15) is 18.3 Å². The molecule has 27 heavy (non-hydrogen) atoms. The normalized spacial score (nSPS) is 19.9. The van der Waals surface area contributed by atoms with Gasteiger partial charge in [-0.1, -0.05) is 0 Å². The Morgan fingerprint density at radius 3 is 2.74 bits per heavy atom. The van der Waals surface area contributed by atoms with Crippen LogP contribution in [0.3, 0.4) is 0 Å². The molecule has 1 aliphatic carbocycles. The largest absolute Gasteiger partial charge is 0.418 e. The van der Waals surface area contributed by atoms with Crippen molar-refractivity contribution in [3.63, 3.8) is 0 Å². The first kappa shape index (κ1) is 17.5. The average molecular weight is 380 g/mol. The van der Waals surface area contributed by atoms with Crippen molar-refractivity contribution in [1.82, 2.24) is 24.7 Å². The lowest BCUT2D eigenvalue weighted by Crippen LogP contribution is -2.31.